The molecule has 0 aliphatic heterocycles. The van der Waals surface area contributed by atoms with Gasteiger partial charge in [-0.15, -0.1) is 0 Å². The van der Waals surface area contributed by atoms with Gasteiger partial charge in [-0.1, -0.05) is 18.7 Å². The van der Waals surface area contributed by atoms with Crippen LogP contribution in [0.4, 0.5) is 5.69 Å². The van der Waals surface area contributed by atoms with Gasteiger partial charge in [-0.3, -0.25) is 4.79 Å². The van der Waals surface area contributed by atoms with Gasteiger partial charge in [0.05, 0.1) is 0 Å². The van der Waals surface area contributed by atoms with E-state index in [4.69, 9.17) is 0 Å². The summed E-state index contributed by atoms with van der Waals surface area (Å²) >= 11 is 0. The summed E-state index contributed by atoms with van der Waals surface area (Å²) in [6.45, 7) is 5.24. The number of phenols is 1. The van der Waals surface area contributed by atoms with E-state index in [2.05, 4.69) is 11.9 Å². The molecule has 0 radical (unpaired) electrons. The summed E-state index contributed by atoms with van der Waals surface area (Å²) in [5, 5.41) is 14.0. The lowest BCUT2D eigenvalue weighted by Crippen LogP contribution is -2.11. The molecule has 0 fully saturated rings. The maximum Gasteiger partial charge on any atom is 0.250 e. The van der Waals surface area contributed by atoms with E-state index < -0.39 is 0 Å². The molecule has 0 atom stereocenters. The molecule has 3 heteroatoms. The molecule has 2 N–H and O–H groups in total. The number of benzene rings is 2. The average Bonchev–Trinajstić information content (AvgIpc) is 2.29. The van der Waals surface area contributed by atoms with Crippen molar-refractivity contribution in [3.05, 3.63) is 48.6 Å². The highest BCUT2D eigenvalue weighted by atomic mass is 16.3. The third-order valence-corrected chi connectivity index (χ3v) is 2.47. The first-order valence-electron chi connectivity index (χ1n) is 5.26. The molecule has 0 saturated carbocycles. The third-order valence-electron chi connectivity index (χ3n) is 2.47. The molecule has 0 unspecified atom stereocenters. The highest BCUT2D eigenvalue weighted by Crippen LogP contribution is 2.23. The van der Waals surface area contributed by atoms with Gasteiger partial charge in [-0.2, -0.15) is 0 Å². The molecular formula is C14H13NO2. The van der Waals surface area contributed by atoms with Crippen LogP contribution in [0.1, 0.15) is 6.92 Å². The topological polar surface area (TPSA) is 49.3 Å². The molecule has 0 saturated heterocycles. The Kier molecular flexibility index (Phi) is 2.83. The quantitative estimate of drug-likeness (QED) is 0.774. The van der Waals surface area contributed by atoms with Gasteiger partial charge in [0.2, 0.25) is 0 Å². The Morgan fingerprint density at radius 1 is 1.18 bits per heavy atom. The lowest BCUT2D eigenvalue weighted by atomic mass is 10.1. The second-order valence-corrected chi connectivity index (χ2v) is 3.98. The van der Waals surface area contributed by atoms with Gasteiger partial charge in [-0.05, 0) is 42.0 Å². The number of rotatable bonds is 2. The SMILES string of the molecule is C=C(C)C(=O)Nc1ccc2cc(O)ccc2c1. The molecule has 2 aromatic rings. The number of phenolic OH excluding ortho intramolecular Hbond substituents is 1. The van der Waals surface area contributed by atoms with E-state index >= 15 is 0 Å². The molecule has 0 aliphatic rings. The molecule has 2 rings (SSSR count). The van der Waals surface area contributed by atoms with Crippen LogP contribution in [0.5, 0.6) is 5.75 Å². The van der Waals surface area contributed by atoms with Crippen molar-refractivity contribution >= 4 is 22.4 Å². The molecular weight excluding hydrogens is 214 g/mol. The fourth-order valence-electron chi connectivity index (χ4n) is 1.55. The number of carbonyl (C=O) groups excluding carboxylic acids is 1. The van der Waals surface area contributed by atoms with Gasteiger partial charge in [-0.25, -0.2) is 0 Å². The molecule has 0 bridgehead atoms. The molecule has 86 valence electrons. The highest BCUT2D eigenvalue weighted by molar-refractivity contribution is 6.03. The summed E-state index contributed by atoms with van der Waals surface area (Å²) in [6, 6.07) is 10.6. The van der Waals surface area contributed by atoms with Gasteiger partial charge in [0.25, 0.3) is 5.91 Å². The Bertz CT molecular complexity index is 602. The minimum absolute atomic E-state index is 0.192. The van der Waals surface area contributed by atoms with E-state index in [1.54, 1.807) is 31.2 Å². The predicted octanol–water partition coefficient (Wildman–Crippen LogP) is 3.06. The van der Waals surface area contributed by atoms with Crippen LogP contribution in [-0.4, -0.2) is 11.0 Å². The van der Waals surface area contributed by atoms with Crippen LogP contribution in [0, 0.1) is 0 Å². The van der Waals surface area contributed by atoms with E-state index in [0.717, 1.165) is 16.5 Å². The standard InChI is InChI=1S/C14H13NO2/c1-9(2)14(17)15-12-5-3-11-8-13(16)6-4-10(11)7-12/h3-8,16H,1H2,2H3,(H,15,17). The average molecular weight is 227 g/mol. The maximum absolute atomic E-state index is 11.5. The summed E-state index contributed by atoms with van der Waals surface area (Å²) in [5.74, 6) is 0.0411. The zero-order chi connectivity index (χ0) is 12.4. The van der Waals surface area contributed by atoms with E-state index in [0.29, 0.717) is 5.57 Å². The fraction of sp³-hybridized carbons (Fsp3) is 0.0714. The normalized spacial score (nSPS) is 10.2. The minimum atomic E-state index is -0.192. The fourth-order valence-corrected chi connectivity index (χ4v) is 1.55. The second-order valence-electron chi connectivity index (χ2n) is 3.98. The van der Waals surface area contributed by atoms with Gasteiger partial charge in [0.15, 0.2) is 0 Å². The number of aromatic hydroxyl groups is 1. The monoisotopic (exact) mass is 227 g/mol. The van der Waals surface area contributed by atoms with Crippen molar-refractivity contribution in [1.82, 2.24) is 0 Å². The molecule has 1 amide bonds. The second kappa shape index (κ2) is 4.29. The van der Waals surface area contributed by atoms with Crippen molar-refractivity contribution in [2.45, 2.75) is 6.92 Å². The van der Waals surface area contributed by atoms with Crippen LogP contribution in [0.3, 0.4) is 0 Å². The first-order chi connectivity index (χ1) is 8.06. The maximum atomic E-state index is 11.5. The van der Waals surface area contributed by atoms with Crippen molar-refractivity contribution in [3.63, 3.8) is 0 Å². The van der Waals surface area contributed by atoms with Gasteiger partial charge in [0, 0.05) is 11.3 Å². The molecule has 0 spiro atoms. The summed E-state index contributed by atoms with van der Waals surface area (Å²) < 4.78 is 0. The number of carbonyl (C=O) groups is 1. The molecule has 0 aliphatic carbocycles. The molecule has 0 heterocycles. The summed E-state index contributed by atoms with van der Waals surface area (Å²) in [6.07, 6.45) is 0. The zero-order valence-electron chi connectivity index (χ0n) is 9.53. The van der Waals surface area contributed by atoms with Crippen LogP contribution < -0.4 is 5.32 Å². The van der Waals surface area contributed by atoms with Crippen LogP contribution >= 0.6 is 0 Å². The molecule has 0 aromatic heterocycles. The number of fused-ring (bicyclic) bond motifs is 1. The van der Waals surface area contributed by atoms with Crippen LogP contribution in [0.15, 0.2) is 48.6 Å². The largest absolute Gasteiger partial charge is 0.508 e. The van der Waals surface area contributed by atoms with Crippen molar-refractivity contribution < 1.29 is 9.90 Å². The van der Waals surface area contributed by atoms with E-state index in [1.807, 2.05) is 12.1 Å². The summed E-state index contributed by atoms with van der Waals surface area (Å²) in [7, 11) is 0. The van der Waals surface area contributed by atoms with Crippen molar-refractivity contribution in [3.8, 4) is 5.75 Å². The molecule has 3 nitrogen and oxygen atoms in total. The van der Waals surface area contributed by atoms with Gasteiger partial charge in [0.1, 0.15) is 5.75 Å². The first kappa shape index (κ1) is 11.2. The van der Waals surface area contributed by atoms with Gasteiger partial charge >= 0.3 is 0 Å². The van der Waals surface area contributed by atoms with Crippen molar-refractivity contribution in [1.29, 1.82) is 0 Å². The lowest BCUT2D eigenvalue weighted by Gasteiger charge is -2.06. The van der Waals surface area contributed by atoms with E-state index in [-0.39, 0.29) is 11.7 Å². The van der Waals surface area contributed by atoms with Crippen LogP contribution in [-0.2, 0) is 4.79 Å². The number of amides is 1. The molecule has 2 aromatic carbocycles. The lowest BCUT2D eigenvalue weighted by molar-refractivity contribution is -0.112. The Morgan fingerprint density at radius 3 is 2.53 bits per heavy atom. The third kappa shape index (κ3) is 2.45. The molecule has 17 heavy (non-hydrogen) atoms. The summed E-state index contributed by atoms with van der Waals surface area (Å²) in [4.78, 5) is 11.5. The Labute approximate surface area is 99.4 Å². The van der Waals surface area contributed by atoms with E-state index in [1.165, 1.54) is 0 Å². The van der Waals surface area contributed by atoms with Crippen molar-refractivity contribution in [2.24, 2.45) is 0 Å². The number of hydrogen-bond acceptors (Lipinski definition) is 2. The Morgan fingerprint density at radius 2 is 1.82 bits per heavy atom. The van der Waals surface area contributed by atoms with Crippen LogP contribution in [0.25, 0.3) is 10.8 Å². The minimum Gasteiger partial charge on any atom is -0.508 e. The Hall–Kier alpha value is -2.29. The number of nitrogens with one attached hydrogen (secondary N) is 1. The first-order valence-corrected chi connectivity index (χ1v) is 5.26. The van der Waals surface area contributed by atoms with Gasteiger partial charge < -0.3 is 10.4 Å². The number of hydrogen-bond donors (Lipinski definition) is 2. The zero-order valence-corrected chi connectivity index (χ0v) is 9.53. The number of anilines is 1. The van der Waals surface area contributed by atoms with E-state index in [9.17, 15) is 9.90 Å². The predicted molar refractivity (Wildman–Crippen MR) is 69.1 cm³/mol. The van der Waals surface area contributed by atoms with Crippen molar-refractivity contribution in [2.75, 3.05) is 5.32 Å². The van der Waals surface area contributed by atoms with Crippen LogP contribution in [0.2, 0.25) is 0 Å². The summed E-state index contributed by atoms with van der Waals surface area (Å²) in [5.41, 5.74) is 1.19. The highest BCUT2D eigenvalue weighted by Gasteiger charge is 2.03. The Balaban J connectivity index is 2.35. The smallest absolute Gasteiger partial charge is 0.250 e.